The number of hydrogen-bond acceptors (Lipinski definition) is 6. The van der Waals surface area contributed by atoms with Crippen molar-refractivity contribution < 1.29 is 29.3 Å². The molecular weight excluding hydrogens is 360 g/mol. The molecule has 3 saturated carbocycles. The van der Waals surface area contributed by atoms with Crippen molar-refractivity contribution in [1.82, 2.24) is 0 Å². The maximum Gasteiger partial charge on any atom is 0.309 e. The second-order valence-electron chi connectivity index (χ2n) is 9.18. The molecule has 6 nitrogen and oxygen atoms in total. The van der Waals surface area contributed by atoms with Crippen LogP contribution in [0.2, 0.25) is 0 Å². The molecule has 0 heterocycles. The van der Waals surface area contributed by atoms with Crippen molar-refractivity contribution in [3.05, 3.63) is 0 Å². The third-order valence-electron chi connectivity index (χ3n) is 6.85. The average Bonchev–Trinajstić information content (AvgIpc) is 2.71. The Labute approximate surface area is 168 Å². The van der Waals surface area contributed by atoms with Crippen molar-refractivity contribution in [3.8, 4) is 0 Å². The Bertz CT molecular complexity index is 467. The molecule has 28 heavy (non-hydrogen) atoms. The number of aliphatic hydroxyl groups is 2. The standard InChI is InChI=1S/C22H36O6/c23-19-5-1-3-17(11-19)21(25)27-13-15-7-9-16(10-8-15)14-28-22(26)18-4-2-6-20(24)12-18/h15-20,23-24H,1-14H2. The Hall–Kier alpha value is -1.14. The zero-order valence-corrected chi connectivity index (χ0v) is 16.9. The van der Waals surface area contributed by atoms with Crippen LogP contribution in [0, 0.1) is 23.7 Å². The highest BCUT2D eigenvalue weighted by Crippen LogP contribution is 2.31. The predicted molar refractivity (Wildman–Crippen MR) is 103 cm³/mol. The number of carbonyl (C=O) groups is 2. The van der Waals surface area contributed by atoms with Crippen LogP contribution in [0.4, 0.5) is 0 Å². The minimum atomic E-state index is -0.360. The van der Waals surface area contributed by atoms with E-state index < -0.39 is 0 Å². The van der Waals surface area contributed by atoms with Crippen molar-refractivity contribution in [2.75, 3.05) is 13.2 Å². The fraction of sp³-hybridized carbons (Fsp3) is 0.909. The minimum absolute atomic E-state index is 0.141. The van der Waals surface area contributed by atoms with Crippen molar-refractivity contribution in [2.24, 2.45) is 23.7 Å². The summed E-state index contributed by atoms with van der Waals surface area (Å²) in [5, 5.41) is 19.4. The second kappa shape index (κ2) is 10.6. The van der Waals surface area contributed by atoms with Crippen molar-refractivity contribution in [1.29, 1.82) is 0 Å². The van der Waals surface area contributed by atoms with E-state index in [-0.39, 0.29) is 36.0 Å². The molecule has 3 fully saturated rings. The molecule has 4 unspecified atom stereocenters. The lowest BCUT2D eigenvalue weighted by atomic mass is 9.82. The van der Waals surface area contributed by atoms with E-state index in [1.165, 1.54) is 0 Å². The average molecular weight is 397 g/mol. The first-order valence-corrected chi connectivity index (χ1v) is 11.2. The van der Waals surface area contributed by atoms with Gasteiger partial charge in [-0.3, -0.25) is 9.59 Å². The molecule has 4 atom stereocenters. The minimum Gasteiger partial charge on any atom is -0.465 e. The molecule has 0 radical (unpaired) electrons. The largest absolute Gasteiger partial charge is 0.465 e. The predicted octanol–water partition coefficient (Wildman–Crippen LogP) is 2.98. The van der Waals surface area contributed by atoms with Crippen LogP contribution in [0.1, 0.15) is 77.0 Å². The van der Waals surface area contributed by atoms with Crippen LogP contribution < -0.4 is 0 Å². The monoisotopic (exact) mass is 396 g/mol. The van der Waals surface area contributed by atoms with Gasteiger partial charge in [-0.25, -0.2) is 0 Å². The highest BCUT2D eigenvalue weighted by Gasteiger charge is 2.30. The molecule has 0 aromatic rings. The summed E-state index contributed by atoms with van der Waals surface area (Å²) in [6.45, 7) is 0.940. The van der Waals surface area contributed by atoms with E-state index in [4.69, 9.17) is 9.47 Å². The lowest BCUT2D eigenvalue weighted by molar-refractivity contribution is -0.155. The van der Waals surface area contributed by atoms with E-state index in [0.717, 1.165) is 64.2 Å². The zero-order chi connectivity index (χ0) is 19.9. The third-order valence-corrected chi connectivity index (χ3v) is 6.85. The first kappa shape index (κ1) is 21.6. The van der Waals surface area contributed by atoms with Gasteiger partial charge in [0.05, 0.1) is 37.3 Å². The highest BCUT2D eigenvalue weighted by molar-refractivity contribution is 5.73. The first-order valence-electron chi connectivity index (χ1n) is 11.2. The van der Waals surface area contributed by atoms with Crippen LogP contribution in [0.3, 0.4) is 0 Å². The summed E-state index contributed by atoms with van der Waals surface area (Å²) in [5.74, 6) is 0.195. The smallest absolute Gasteiger partial charge is 0.309 e. The summed E-state index contributed by atoms with van der Waals surface area (Å²) in [6, 6.07) is 0. The van der Waals surface area contributed by atoms with Crippen LogP contribution in [-0.4, -0.2) is 47.6 Å². The third kappa shape index (κ3) is 6.45. The summed E-state index contributed by atoms with van der Waals surface area (Å²) in [6.07, 6.45) is 9.34. The summed E-state index contributed by atoms with van der Waals surface area (Å²) in [5.41, 5.74) is 0. The molecule has 0 aromatic carbocycles. The van der Waals surface area contributed by atoms with Crippen LogP contribution in [-0.2, 0) is 19.1 Å². The Morgan fingerprint density at radius 1 is 0.643 bits per heavy atom. The molecule has 160 valence electrons. The normalized spacial score (nSPS) is 36.5. The van der Waals surface area contributed by atoms with Crippen LogP contribution >= 0.6 is 0 Å². The van der Waals surface area contributed by atoms with Gasteiger partial charge in [0.2, 0.25) is 0 Å². The summed E-state index contributed by atoms with van der Waals surface area (Å²) < 4.78 is 11.1. The number of rotatable bonds is 6. The molecule has 3 aliphatic carbocycles. The van der Waals surface area contributed by atoms with Gasteiger partial charge in [-0.05, 0) is 76.0 Å². The number of aliphatic hydroxyl groups excluding tert-OH is 2. The molecule has 2 N–H and O–H groups in total. The molecule has 0 aliphatic heterocycles. The first-order chi connectivity index (χ1) is 13.5. The second-order valence-corrected chi connectivity index (χ2v) is 9.18. The van der Waals surface area contributed by atoms with Gasteiger partial charge in [0.25, 0.3) is 0 Å². The number of ether oxygens (including phenoxy) is 2. The fourth-order valence-electron chi connectivity index (χ4n) is 4.96. The molecule has 0 amide bonds. The van der Waals surface area contributed by atoms with Gasteiger partial charge in [-0.2, -0.15) is 0 Å². The Kier molecular flexibility index (Phi) is 8.15. The Balaban J connectivity index is 1.29. The lowest BCUT2D eigenvalue weighted by Gasteiger charge is -2.30. The van der Waals surface area contributed by atoms with Crippen LogP contribution in [0.15, 0.2) is 0 Å². The van der Waals surface area contributed by atoms with E-state index in [9.17, 15) is 19.8 Å². The SMILES string of the molecule is O=C(OCC1CCC(COC(=O)C2CCCC(O)C2)CC1)C1CCCC(O)C1. The zero-order valence-electron chi connectivity index (χ0n) is 16.9. The summed E-state index contributed by atoms with van der Waals surface area (Å²) >= 11 is 0. The Morgan fingerprint density at radius 3 is 1.39 bits per heavy atom. The Morgan fingerprint density at radius 2 is 1.04 bits per heavy atom. The van der Waals surface area contributed by atoms with Crippen LogP contribution in [0.25, 0.3) is 0 Å². The van der Waals surface area contributed by atoms with Crippen molar-refractivity contribution in [3.63, 3.8) is 0 Å². The van der Waals surface area contributed by atoms with Gasteiger partial charge in [0, 0.05) is 0 Å². The van der Waals surface area contributed by atoms with Gasteiger partial charge >= 0.3 is 11.9 Å². The van der Waals surface area contributed by atoms with Gasteiger partial charge in [-0.1, -0.05) is 12.8 Å². The summed E-state index contributed by atoms with van der Waals surface area (Å²) in [7, 11) is 0. The van der Waals surface area contributed by atoms with Crippen molar-refractivity contribution >= 4 is 11.9 Å². The highest BCUT2D eigenvalue weighted by atomic mass is 16.5. The van der Waals surface area contributed by atoms with Gasteiger partial charge in [0.15, 0.2) is 0 Å². The number of carbonyl (C=O) groups excluding carboxylic acids is 2. The molecule has 0 spiro atoms. The number of hydrogen-bond donors (Lipinski definition) is 2. The van der Waals surface area contributed by atoms with E-state index in [1.54, 1.807) is 0 Å². The van der Waals surface area contributed by atoms with Crippen LogP contribution in [0.5, 0.6) is 0 Å². The molecular formula is C22H36O6. The molecule has 3 rings (SSSR count). The maximum atomic E-state index is 12.2. The maximum absolute atomic E-state index is 12.2. The van der Waals surface area contributed by atoms with Gasteiger partial charge in [0.1, 0.15) is 0 Å². The number of esters is 2. The molecule has 0 saturated heterocycles. The van der Waals surface area contributed by atoms with E-state index in [2.05, 4.69) is 0 Å². The summed E-state index contributed by atoms with van der Waals surface area (Å²) in [4.78, 5) is 24.4. The molecule has 3 aliphatic rings. The molecule has 0 bridgehead atoms. The van der Waals surface area contributed by atoms with E-state index >= 15 is 0 Å². The van der Waals surface area contributed by atoms with E-state index in [1.807, 2.05) is 0 Å². The lowest BCUT2D eigenvalue weighted by Crippen LogP contribution is -2.30. The topological polar surface area (TPSA) is 93.1 Å². The van der Waals surface area contributed by atoms with E-state index in [0.29, 0.717) is 37.9 Å². The fourth-order valence-corrected chi connectivity index (χ4v) is 4.96. The molecule has 6 heteroatoms. The van der Waals surface area contributed by atoms with Gasteiger partial charge < -0.3 is 19.7 Å². The van der Waals surface area contributed by atoms with Crippen molar-refractivity contribution in [2.45, 2.75) is 89.3 Å². The quantitative estimate of drug-likeness (QED) is 0.671. The molecule has 0 aromatic heterocycles. The van der Waals surface area contributed by atoms with Gasteiger partial charge in [-0.15, -0.1) is 0 Å².